The quantitative estimate of drug-likeness (QED) is 0.713. The molecule has 20 heavy (non-hydrogen) atoms. The normalized spacial score (nSPS) is 11.1. The number of rotatable bonds is 10. The second-order valence-electron chi connectivity index (χ2n) is 5.04. The summed E-state index contributed by atoms with van der Waals surface area (Å²) >= 11 is 0. The Hall–Kier alpha value is -1.26. The molecule has 0 unspecified atom stereocenters. The lowest BCUT2D eigenvalue weighted by Gasteiger charge is -2.21. The van der Waals surface area contributed by atoms with Gasteiger partial charge in [0.2, 0.25) is 0 Å². The Morgan fingerprint density at radius 2 is 1.85 bits per heavy atom. The monoisotopic (exact) mass is 280 g/mol. The van der Waals surface area contributed by atoms with Crippen molar-refractivity contribution < 1.29 is 9.47 Å². The van der Waals surface area contributed by atoms with Gasteiger partial charge < -0.3 is 14.8 Å². The van der Waals surface area contributed by atoms with E-state index in [9.17, 15) is 0 Å². The lowest BCUT2D eigenvalue weighted by molar-refractivity contribution is 0.210. The van der Waals surface area contributed by atoms with Crippen molar-refractivity contribution in [3.63, 3.8) is 0 Å². The summed E-state index contributed by atoms with van der Waals surface area (Å²) in [6, 6.07) is 8.30. The van der Waals surface area contributed by atoms with E-state index in [2.05, 4.69) is 31.0 Å². The van der Waals surface area contributed by atoms with Crippen LogP contribution in [0.1, 0.15) is 20.8 Å². The summed E-state index contributed by atoms with van der Waals surface area (Å²) in [6.45, 7) is 11.2. The van der Waals surface area contributed by atoms with Crippen molar-refractivity contribution in [2.24, 2.45) is 0 Å². The molecule has 114 valence electrons. The number of para-hydroxylation sites is 2. The van der Waals surface area contributed by atoms with E-state index < -0.39 is 0 Å². The highest BCUT2D eigenvalue weighted by molar-refractivity contribution is 5.39. The summed E-state index contributed by atoms with van der Waals surface area (Å²) in [4.78, 5) is 2.38. The van der Waals surface area contributed by atoms with Gasteiger partial charge in [-0.05, 0) is 18.7 Å². The van der Waals surface area contributed by atoms with E-state index in [-0.39, 0.29) is 0 Å². The standard InChI is InChI=1S/C16H28N2O2/c1-5-18(11-10-17-14(2)3)12-13-20-16-9-7-6-8-15(16)19-4/h6-9,14,17H,5,10-13H2,1-4H3. The maximum absolute atomic E-state index is 5.80. The van der Waals surface area contributed by atoms with Gasteiger partial charge in [0, 0.05) is 25.7 Å². The molecule has 0 fully saturated rings. The van der Waals surface area contributed by atoms with Crippen molar-refractivity contribution in [3.05, 3.63) is 24.3 Å². The third-order valence-corrected chi connectivity index (χ3v) is 3.16. The van der Waals surface area contributed by atoms with Gasteiger partial charge in [-0.1, -0.05) is 32.9 Å². The van der Waals surface area contributed by atoms with E-state index >= 15 is 0 Å². The van der Waals surface area contributed by atoms with Crippen molar-refractivity contribution in [1.82, 2.24) is 10.2 Å². The molecule has 4 heteroatoms. The number of methoxy groups -OCH3 is 1. The van der Waals surface area contributed by atoms with Crippen LogP contribution in [-0.4, -0.2) is 50.8 Å². The number of nitrogens with one attached hydrogen (secondary N) is 1. The Morgan fingerprint density at radius 1 is 1.15 bits per heavy atom. The van der Waals surface area contributed by atoms with Crippen LogP contribution in [0.15, 0.2) is 24.3 Å². The maximum Gasteiger partial charge on any atom is 0.161 e. The number of likely N-dealkylation sites (N-methyl/N-ethyl adjacent to an activating group) is 1. The molecule has 4 nitrogen and oxygen atoms in total. The Bertz CT molecular complexity index is 369. The number of nitrogens with zero attached hydrogens (tertiary/aromatic N) is 1. The minimum atomic E-state index is 0.540. The van der Waals surface area contributed by atoms with Crippen LogP contribution < -0.4 is 14.8 Å². The van der Waals surface area contributed by atoms with Gasteiger partial charge in [0.1, 0.15) is 6.61 Å². The van der Waals surface area contributed by atoms with Crippen molar-refractivity contribution in [1.29, 1.82) is 0 Å². The fourth-order valence-corrected chi connectivity index (χ4v) is 1.96. The first kappa shape index (κ1) is 16.8. The number of hydrogen-bond donors (Lipinski definition) is 1. The van der Waals surface area contributed by atoms with E-state index in [4.69, 9.17) is 9.47 Å². The summed E-state index contributed by atoms with van der Waals surface area (Å²) in [5.41, 5.74) is 0. The predicted molar refractivity (Wildman–Crippen MR) is 83.7 cm³/mol. The first-order valence-corrected chi connectivity index (χ1v) is 7.39. The van der Waals surface area contributed by atoms with Gasteiger partial charge in [-0.3, -0.25) is 4.90 Å². The molecule has 0 aliphatic rings. The topological polar surface area (TPSA) is 33.7 Å². The highest BCUT2D eigenvalue weighted by atomic mass is 16.5. The highest BCUT2D eigenvalue weighted by Crippen LogP contribution is 2.25. The molecule has 0 saturated carbocycles. The molecule has 0 amide bonds. The zero-order chi connectivity index (χ0) is 14.8. The molecule has 0 aliphatic carbocycles. The molecule has 0 saturated heterocycles. The third kappa shape index (κ3) is 6.26. The Morgan fingerprint density at radius 3 is 2.45 bits per heavy atom. The van der Waals surface area contributed by atoms with Gasteiger partial charge in [0.25, 0.3) is 0 Å². The first-order valence-electron chi connectivity index (χ1n) is 7.39. The molecule has 0 aliphatic heterocycles. The molecular weight excluding hydrogens is 252 g/mol. The smallest absolute Gasteiger partial charge is 0.161 e. The van der Waals surface area contributed by atoms with Crippen LogP contribution in [0.5, 0.6) is 11.5 Å². The average molecular weight is 280 g/mol. The molecule has 0 atom stereocenters. The van der Waals surface area contributed by atoms with Crippen molar-refractivity contribution in [2.45, 2.75) is 26.8 Å². The van der Waals surface area contributed by atoms with Gasteiger partial charge in [0.05, 0.1) is 7.11 Å². The fraction of sp³-hybridized carbons (Fsp3) is 0.625. The van der Waals surface area contributed by atoms with Gasteiger partial charge in [0.15, 0.2) is 11.5 Å². The van der Waals surface area contributed by atoms with Crippen LogP contribution >= 0.6 is 0 Å². The summed E-state index contributed by atoms with van der Waals surface area (Å²) in [5.74, 6) is 1.60. The van der Waals surface area contributed by atoms with Crippen LogP contribution in [0.2, 0.25) is 0 Å². The van der Waals surface area contributed by atoms with Gasteiger partial charge >= 0.3 is 0 Å². The Balaban J connectivity index is 2.30. The lowest BCUT2D eigenvalue weighted by Crippen LogP contribution is -2.36. The molecule has 0 spiro atoms. The molecular formula is C16H28N2O2. The zero-order valence-electron chi connectivity index (χ0n) is 13.2. The molecule has 1 aromatic rings. The Kier molecular flexibility index (Phi) is 8.07. The van der Waals surface area contributed by atoms with Crippen LogP contribution in [0.3, 0.4) is 0 Å². The third-order valence-electron chi connectivity index (χ3n) is 3.16. The van der Waals surface area contributed by atoms with Crippen LogP contribution in [0, 0.1) is 0 Å². The van der Waals surface area contributed by atoms with Crippen molar-refractivity contribution in [3.8, 4) is 11.5 Å². The zero-order valence-corrected chi connectivity index (χ0v) is 13.2. The van der Waals surface area contributed by atoms with E-state index in [0.717, 1.165) is 37.7 Å². The van der Waals surface area contributed by atoms with Gasteiger partial charge in [-0.25, -0.2) is 0 Å². The minimum absolute atomic E-state index is 0.540. The molecule has 0 aromatic heterocycles. The molecule has 1 aromatic carbocycles. The number of ether oxygens (including phenoxy) is 2. The molecule has 1 N–H and O–H groups in total. The molecule has 1 rings (SSSR count). The summed E-state index contributed by atoms with van der Waals surface area (Å²) in [5, 5.41) is 3.43. The van der Waals surface area contributed by atoms with Crippen molar-refractivity contribution >= 4 is 0 Å². The Labute approximate surface area is 123 Å². The SMILES string of the molecule is CCN(CCNC(C)C)CCOc1ccccc1OC. The van der Waals surface area contributed by atoms with Crippen LogP contribution in [-0.2, 0) is 0 Å². The second-order valence-corrected chi connectivity index (χ2v) is 5.04. The first-order chi connectivity index (χ1) is 9.67. The lowest BCUT2D eigenvalue weighted by atomic mass is 10.3. The van der Waals surface area contributed by atoms with E-state index in [1.54, 1.807) is 7.11 Å². The maximum atomic E-state index is 5.80. The largest absolute Gasteiger partial charge is 0.493 e. The van der Waals surface area contributed by atoms with E-state index in [1.165, 1.54) is 0 Å². The summed E-state index contributed by atoms with van der Waals surface area (Å²) in [6.07, 6.45) is 0. The minimum Gasteiger partial charge on any atom is -0.493 e. The van der Waals surface area contributed by atoms with Gasteiger partial charge in [-0.2, -0.15) is 0 Å². The molecule has 0 radical (unpaired) electrons. The summed E-state index contributed by atoms with van der Waals surface area (Å²) in [7, 11) is 1.66. The number of benzene rings is 1. The second kappa shape index (κ2) is 9.61. The number of hydrogen-bond acceptors (Lipinski definition) is 4. The van der Waals surface area contributed by atoms with E-state index in [0.29, 0.717) is 12.6 Å². The predicted octanol–water partition coefficient (Wildman–Crippen LogP) is 2.39. The summed E-state index contributed by atoms with van der Waals surface area (Å²) < 4.78 is 11.1. The molecule has 0 heterocycles. The average Bonchev–Trinajstić information content (AvgIpc) is 2.45. The van der Waals surface area contributed by atoms with Crippen LogP contribution in [0.4, 0.5) is 0 Å². The fourth-order valence-electron chi connectivity index (χ4n) is 1.96. The van der Waals surface area contributed by atoms with Crippen LogP contribution in [0.25, 0.3) is 0 Å². The van der Waals surface area contributed by atoms with Gasteiger partial charge in [-0.15, -0.1) is 0 Å². The van der Waals surface area contributed by atoms with Crippen molar-refractivity contribution in [2.75, 3.05) is 39.9 Å². The molecule has 0 bridgehead atoms. The van der Waals surface area contributed by atoms with E-state index in [1.807, 2.05) is 24.3 Å². The highest BCUT2D eigenvalue weighted by Gasteiger charge is 2.05.